The minimum atomic E-state index is -4.47. The number of hydrogen-bond donors (Lipinski definition) is 2. The van der Waals surface area contributed by atoms with Crippen molar-refractivity contribution in [2.75, 3.05) is 13.7 Å². The third-order valence-electron chi connectivity index (χ3n) is 2.65. The molecule has 0 fully saturated rings. The summed E-state index contributed by atoms with van der Waals surface area (Å²) in [5.74, 6) is -1.41. The van der Waals surface area contributed by atoms with E-state index in [0.29, 0.717) is 0 Å². The van der Waals surface area contributed by atoms with Crippen LogP contribution in [0.4, 0.5) is 13.2 Å². The van der Waals surface area contributed by atoms with E-state index in [9.17, 15) is 22.8 Å². The highest BCUT2D eigenvalue weighted by molar-refractivity contribution is 5.87. The Balaban J connectivity index is 2.85. The first kappa shape index (κ1) is 17.0. The van der Waals surface area contributed by atoms with Crippen molar-refractivity contribution in [1.29, 1.82) is 0 Å². The summed E-state index contributed by atoms with van der Waals surface area (Å²) < 4.78 is 42.4. The van der Waals surface area contributed by atoms with Crippen LogP contribution in [0.1, 0.15) is 11.1 Å². The van der Waals surface area contributed by atoms with Crippen LogP contribution < -0.4 is 11.1 Å². The summed E-state index contributed by atoms with van der Waals surface area (Å²) in [5.41, 5.74) is 4.55. The van der Waals surface area contributed by atoms with Gasteiger partial charge in [-0.3, -0.25) is 9.59 Å². The van der Waals surface area contributed by atoms with Gasteiger partial charge < -0.3 is 15.8 Å². The molecule has 116 valence electrons. The van der Waals surface area contributed by atoms with Gasteiger partial charge >= 0.3 is 6.18 Å². The zero-order valence-corrected chi connectivity index (χ0v) is 11.2. The molecular weight excluding hydrogens is 289 g/mol. The first-order chi connectivity index (χ1) is 9.74. The molecule has 0 aliphatic rings. The van der Waals surface area contributed by atoms with Crippen LogP contribution in [0.5, 0.6) is 0 Å². The molecule has 0 heterocycles. The highest BCUT2D eigenvalue weighted by Gasteiger charge is 2.30. The normalized spacial score (nSPS) is 12.8. The largest absolute Gasteiger partial charge is 0.416 e. The fourth-order valence-corrected chi connectivity index (χ4v) is 1.70. The topological polar surface area (TPSA) is 81.4 Å². The summed E-state index contributed by atoms with van der Waals surface area (Å²) in [6, 6.07) is 3.39. The fourth-order valence-electron chi connectivity index (χ4n) is 1.70. The summed E-state index contributed by atoms with van der Waals surface area (Å²) in [5, 5.41) is 2.30. The lowest BCUT2D eigenvalue weighted by Crippen LogP contribution is -2.47. The maximum absolute atomic E-state index is 12.6. The van der Waals surface area contributed by atoms with E-state index in [1.165, 1.54) is 19.2 Å². The minimum absolute atomic E-state index is 0.130. The smallest absolute Gasteiger partial charge is 0.375 e. The van der Waals surface area contributed by atoms with Gasteiger partial charge in [-0.15, -0.1) is 0 Å². The molecule has 21 heavy (non-hydrogen) atoms. The highest BCUT2D eigenvalue weighted by Crippen LogP contribution is 2.29. The van der Waals surface area contributed by atoms with Gasteiger partial charge in [-0.25, -0.2) is 0 Å². The lowest BCUT2D eigenvalue weighted by Gasteiger charge is -2.16. The standard InChI is InChI=1S/C13H15F3N2O3/c1-21-7-11(19)18-10(12(17)20)6-8-3-2-4-9(5-8)13(14,15)16/h2-5,10H,6-7H2,1H3,(H2,17,20)(H,18,19)/t10-/m0/s1. The Hall–Kier alpha value is -2.09. The molecule has 1 rings (SSSR count). The average Bonchev–Trinajstić information content (AvgIpc) is 2.37. The number of nitrogens with two attached hydrogens (primary N) is 1. The summed E-state index contributed by atoms with van der Waals surface area (Å²) in [6.07, 6.45) is -4.60. The molecule has 5 nitrogen and oxygen atoms in total. The van der Waals surface area contributed by atoms with E-state index < -0.39 is 29.6 Å². The van der Waals surface area contributed by atoms with Gasteiger partial charge in [0.25, 0.3) is 0 Å². The van der Waals surface area contributed by atoms with Gasteiger partial charge in [0.1, 0.15) is 12.6 Å². The van der Waals surface area contributed by atoms with Gasteiger partial charge in [0.15, 0.2) is 0 Å². The van der Waals surface area contributed by atoms with Crippen LogP contribution >= 0.6 is 0 Å². The SMILES string of the molecule is COCC(=O)N[C@@H](Cc1cccc(C(F)(F)F)c1)C(N)=O. The summed E-state index contributed by atoms with van der Waals surface area (Å²) in [7, 11) is 1.30. The van der Waals surface area contributed by atoms with E-state index in [4.69, 9.17) is 5.73 Å². The second kappa shape index (κ2) is 7.07. The molecular formula is C13H15F3N2O3. The van der Waals surface area contributed by atoms with Gasteiger partial charge in [-0.2, -0.15) is 13.2 Å². The molecule has 3 N–H and O–H groups in total. The molecule has 0 spiro atoms. The van der Waals surface area contributed by atoms with Crippen molar-refractivity contribution in [3.05, 3.63) is 35.4 Å². The second-order valence-electron chi connectivity index (χ2n) is 4.36. The molecule has 1 aromatic carbocycles. The molecule has 2 amide bonds. The van der Waals surface area contributed by atoms with Gasteiger partial charge in [-0.05, 0) is 11.6 Å². The molecule has 1 atom stereocenters. The number of primary amides is 1. The number of nitrogens with one attached hydrogen (secondary N) is 1. The van der Waals surface area contributed by atoms with Crippen LogP contribution in [0.25, 0.3) is 0 Å². The summed E-state index contributed by atoms with van der Waals surface area (Å²) in [4.78, 5) is 22.6. The van der Waals surface area contributed by atoms with E-state index >= 15 is 0 Å². The van der Waals surface area contributed by atoms with Crippen molar-refractivity contribution >= 4 is 11.8 Å². The number of benzene rings is 1. The number of amides is 2. The van der Waals surface area contributed by atoms with Crippen molar-refractivity contribution in [2.24, 2.45) is 5.73 Å². The molecule has 0 aliphatic heterocycles. The van der Waals surface area contributed by atoms with E-state index in [0.717, 1.165) is 12.1 Å². The zero-order chi connectivity index (χ0) is 16.0. The van der Waals surface area contributed by atoms with Crippen LogP contribution in [0.2, 0.25) is 0 Å². The molecule has 1 aromatic rings. The van der Waals surface area contributed by atoms with Crippen molar-refractivity contribution in [1.82, 2.24) is 5.32 Å². The van der Waals surface area contributed by atoms with Gasteiger partial charge in [0.2, 0.25) is 11.8 Å². The quantitative estimate of drug-likeness (QED) is 0.818. The van der Waals surface area contributed by atoms with E-state index in [1.807, 2.05) is 0 Å². The number of carbonyl (C=O) groups excluding carboxylic acids is 2. The van der Waals surface area contributed by atoms with Crippen LogP contribution in [-0.2, 0) is 26.9 Å². The van der Waals surface area contributed by atoms with Crippen molar-refractivity contribution in [2.45, 2.75) is 18.6 Å². The summed E-state index contributed by atoms with van der Waals surface area (Å²) >= 11 is 0. The number of rotatable bonds is 6. The third kappa shape index (κ3) is 5.42. The Kier molecular flexibility index (Phi) is 5.71. The van der Waals surface area contributed by atoms with Gasteiger partial charge in [0.05, 0.1) is 5.56 Å². The first-order valence-corrected chi connectivity index (χ1v) is 5.97. The van der Waals surface area contributed by atoms with Crippen molar-refractivity contribution in [3.63, 3.8) is 0 Å². The van der Waals surface area contributed by atoms with Gasteiger partial charge in [-0.1, -0.05) is 18.2 Å². The van der Waals surface area contributed by atoms with Crippen LogP contribution in [0.15, 0.2) is 24.3 Å². The average molecular weight is 304 g/mol. The Bertz CT molecular complexity index is 518. The zero-order valence-electron chi connectivity index (χ0n) is 11.2. The Labute approximate surface area is 119 Å². The molecule has 8 heteroatoms. The highest BCUT2D eigenvalue weighted by atomic mass is 19.4. The van der Waals surface area contributed by atoms with Crippen LogP contribution in [-0.4, -0.2) is 31.6 Å². The number of carbonyl (C=O) groups is 2. The Morgan fingerprint density at radius 1 is 1.38 bits per heavy atom. The first-order valence-electron chi connectivity index (χ1n) is 5.97. The van der Waals surface area contributed by atoms with Crippen molar-refractivity contribution in [3.8, 4) is 0 Å². The second-order valence-corrected chi connectivity index (χ2v) is 4.36. The number of alkyl halides is 3. The number of methoxy groups -OCH3 is 1. The van der Waals surface area contributed by atoms with Crippen LogP contribution in [0, 0.1) is 0 Å². The number of halogens is 3. The lowest BCUT2D eigenvalue weighted by molar-refractivity contribution is -0.137. The fraction of sp³-hybridized carbons (Fsp3) is 0.385. The molecule has 0 aromatic heterocycles. The Morgan fingerprint density at radius 2 is 2.05 bits per heavy atom. The predicted octanol–water partition coefficient (Wildman–Crippen LogP) is 0.864. The maximum Gasteiger partial charge on any atom is 0.416 e. The van der Waals surface area contributed by atoms with E-state index in [-0.39, 0.29) is 18.6 Å². The molecule has 0 unspecified atom stereocenters. The minimum Gasteiger partial charge on any atom is -0.375 e. The van der Waals surface area contributed by atoms with Crippen LogP contribution in [0.3, 0.4) is 0 Å². The number of ether oxygens (including phenoxy) is 1. The van der Waals surface area contributed by atoms with E-state index in [1.54, 1.807) is 0 Å². The molecule has 0 bridgehead atoms. The molecule has 0 radical (unpaired) electrons. The summed E-state index contributed by atoms with van der Waals surface area (Å²) in [6.45, 7) is -0.271. The van der Waals surface area contributed by atoms with E-state index in [2.05, 4.69) is 10.1 Å². The molecule has 0 saturated heterocycles. The molecule has 0 saturated carbocycles. The third-order valence-corrected chi connectivity index (χ3v) is 2.65. The predicted molar refractivity (Wildman–Crippen MR) is 68.1 cm³/mol. The monoisotopic (exact) mass is 304 g/mol. The lowest BCUT2D eigenvalue weighted by atomic mass is 10.0. The van der Waals surface area contributed by atoms with Crippen molar-refractivity contribution < 1.29 is 27.5 Å². The van der Waals surface area contributed by atoms with Gasteiger partial charge in [0, 0.05) is 13.5 Å². The molecule has 0 aliphatic carbocycles. The number of hydrogen-bond acceptors (Lipinski definition) is 3. The Morgan fingerprint density at radius 3 is 2.57 bits per heavy atom. The maximum atomic E-state index is 12.6.